The van der Waals surface area contributed by atoms with Gasteiger partial charge in [0, 0.05) is 13.1 Å². The predicted octanol–water partition coefficient (Wildman–Crippen LogP) is 2.08. The summed E-state index contributed by atoms with van der Waals surface area (Å²) in [5.74, 6) is 0.125. The molecule has 7 nitrogen and oxygen atoms in total. The number of nitrogens with zero attached hydrogens (tertiary/aromatic N) is 5. The van der Waals surface area contributed by atoms with Gasteiger partial charge in [0.15, 0.2) is 0 Å². The number of hydrogen-bond donors (Lipinski definition) is 0. The third-order valence-electron chi connectivity index (χ3n) is 2.58. The lowest BCUT2D eigenvalue weighted by atomic mass is 10.2. The molecule has 0 aromatic carbocycles. The maximum absolute atomic E-state index is 11.0. The van der Waals surface area contributed by atoms with Crippen LogP contribution in [0.5, 0.6) is 0 Å². The summed E-state index contributed by atoms with van der Waals surface area (Å²) in [4.78, 5) is 19.7. The zero-order valence-electron chi connectivity index (χ0n) is 10.2. The standard InChI is InChI=1S/C10H12ClN5O2/c1-6(4-5-12)15(3)9-8(16(17)18)7(2)13-10(11)14-9/h6H,4H2,1-3H3. The molecular weight excluding hydrogens is 258 g/mol. The molecule has 1 aromatic rings. The van der Waals surface area contributed by atoms with Crippen LogP contribution in [-0.4, -0.2) is 28.0 Å². The highest BCUT2D eigenvalue weighted by Crippen LogP contribution is 2.30. The van der Waals surface area contributed by atoms with Crippen LogP contribution in [0.1, 0.15) is 19.0 Å². The SMILES string of the molecule is Cc1nc(Cl)nc(N(C)C(C)CC#N)c1[N+](=O)[O-]. The van der Waals surface area contributed by atoms with Crippen molar-refractivity contribution < 1.29 is 4.92 Å². The lowest BCUT2D eigenvalue weighted by Gasteiger charge is -2.23. The molecule has 1 unspecified atom stereocenters. The quantitative estimate of drug-likeness (QED) is 0.472. The summed E-state index contributed by atoms with van der Waals surface area (Å²) in [7, 11) is 1.63. The molecule has 1 aromatic heterocycles. The van der Waals surface area contributed by atoms with E-state index < -0.39 is 4.92 Å². The number of nitriles is 1. The molecule has 0 saturated heterocycles. The van der Waals surface area contributed by atoms with Crippen LogP contribution in [0.15, 0.2) is 0 Å². The maximum Gasteiger partial charge on any atom is 0.332 e. The van der Waals surface area contributed by atoms with Gasteiger partial charge < -0.3 is 4.90 Å². The van der Waals surface area contributed by atoms with Crippen molar-refractivity contribution in [2.45, 2.75) is 26.3 Å². The number of aromatic nitrogens is 2. The molecule has 18 heavy (non-hydrogen) atoms. The summed E-state index contributed by atoms with van der Waals surface area (Å²) in [6, 6.07) is 1.80. The molecule has 96 valence electrons. The summed E-state index contributed by atoms with van der Waals surface area (Å²) >= 11 is 5.72. The zero-order chi connectivity index (χ0) is 13.9. The van der Waals surface area contributed by atoms with Gasteiger partial charge in [-0.25, -0.2) is 4.98 Å². The fraction of sp³-hybridized carbons (Fsp3) is 0.500. The van der Waals surface area contributed by atoms with Gasteiger partial charge in [-0.1, -0.05) is 0 Å². The van der Waals surface area contributed by atoms with E-state index in [4.69, 9.17) is 16.9 Å². The molecule has 1 rings (SSSR count). The number of halogens is 1. The van der Waals surface area contributed by atoms with E-state index in [1.54, 1.807) is 18.9 Å². The van der Waals surface area contributed by atoms with Gasteiger partial charge >= 0.3 is 5.69 Å². The van der Waals surface area contributed by atoms with Gasteiger partial charge in [-0.3, -0.25) is 10.1 Å². The monoisotopic (exact) mass is 269 g/mol. The first-order chi connectivity index (χ1) is 8.38. The number of rotatable bonds is 4. The molecule has 0 aliphatic carbocycles. The number of anilines is 1. The van der Waals surface area contributed by atoms with Gasteiger partial charge in [-0.2, -0.15) is 10.2 Å². The van der Waals surface area contributed by atoms with E-state index in [-0.39, 0.29) is 34.9 Å². The van der Waals surface area contributed by atoms with Crippen LogP contribution in [0, 0.1) is 28.4 Å². The van der Waals surface area contributed by atoms with Crippen molar-refractivity contribution in [1.29, 1.82) is 5.26 Å². The lowest BCUT2D eigenvalue weighted by Crippen LogP contribution is -2.30. The van der Waals surface area contributed by atoms with Gasteiger partial charge in [0.05, 0.1) is 17.4 Å². The third kappa shape index (κ3) is 2.84. The number of nitro groups is 1. The van der Waals surface area contributed by atoms with E-state index >= 15 is 0 Å². The van der Waals surface area contributed by atoms with Crippen molar-refractivity contribution in [2.24, 2.45) is 0 Å². The molecule has 0 fully saturated rings. The van der Waals surface area contributed by atoms with Crippen molar-refractivity contribution >= 4 is 23.1 Å². The van der Waals surface area contributed by atoms with Gasteiger partial charge in [0.1, 0.15) is 5.69 Å². The molecular formula is C10H12ClN5O2. The highest BCUT2D eigenvalue weighted by atomic mass is 35.5. The zero-order valence-corrected chi connectivity index (χ0v) is 11.0. The summed E-state index contributed by atoms with van der Waals surface area (Å²) in [5.41, 5.74) is 0.0118. The second-order valence-electron chi connectivity index (χ2n) is 3.83. The first kappa shape index (κ1) is 14.1. The van der Waals surface area contributed by atoms with Crippen LogP contribution in [-0.2, 0) is 0 Å². The topological polar surface area (TPSA) is 96.0 Å². The molecule has 0 radical (unpaired) electrons. The fourth-order valence-corrected chi connectivity index (χ4v) is 1.66. The van der Waals surface area contributed by atoms with Crippen LogP contribution in [0.2, 0.25) is 5.28 Å². The van der Waals surface area contributed by atoms with E-state index in [0.29, 0.717) is 0 Å². The molecule has 0 bridgehead atoms. The second kappa shape index (κ2) is 5.60. The van der Waals surface area contributed by atoms with Crippen molar-refractivity contribution in [3.63, 3.8) is 0 Å². The Hall–Kier alpha value is -1.94. The van der Waals surface area contributed by atoms with E-state index in [2.05, 4.69) is 9.97 Å². The molecule has 0 N–H and O–H groups in total. The van der Waals surface area contributed by atoms with Crippen molar-refractivity contribution in [2.75, 3.05) is 11.9 Å². The third-order valence-corrected chi connectivity index (χ3v) is 2.75. The predicted molar refractivity (Wildman–Crippen MR) is 66.5 cm³/mol. The average molecular weight is 270 g/mol. The fourth-order valence-electron chi connectivity index (χ4n) is 1.46. The smallest absolute Gasteiger partial charge is 0.332 e. The first-order valence-corrected chi connectivity index (χ1v) is 5.54. The van der Waals surface area contributed by atoms with E-state index in [1.807, 2.05) is 6.07 Å². The Morgan fingerprint density at radius 1 is 1.61 bits per heavy atom. The summed E-state index contributed by atoms with van der Waals surface area (Å²) in [5, 5.41) is 19.6. The number of aryl methyl sites for hydroxylation is 1. The van der Waals surface area contributed by atoms with Crippen molar-refractivity contribution in [3.8, 4) is 6.07 Å². The van der Waals surface area contributed by atoms with Crippen LogP contribution < -0.4 is 4.90 Å². The Bertz CT molecular complexity index is 514. The molecule has 0 spiro atoms. The maximum atomic E-state index is 11.0. The van der Waals surface area contributed by atoms with Gasteiger partial charge in [0.25, 0.3) is 0 Å². The minimum atomic E-state index is -0.545. The minimum Gasteiger partial charge on any atom is -0.350 e. The van der Waals surface area contributed by atoms with Crippen LogP contribution in [0.4, 0.5) is 11.5 Å². The Balaban J connectivity index is 3.30. The largest absolute Gasteiger partial charge is 0.350 e. The molecule has 8 heteroatoms. The highest BCUT2D eigenvalue weighted by molar-refractivity contribution is 6.28. The van der Waals surface area contributed by atoms with Crippen molar-refractivity contribution in [3.05, 3.63) is 21.1 Å². The summed E-state index contributed by atoms with van der Waals surface area (Å²) < 4.78 is 0. The Morgan fingerprint density at radius 3 is 2.72 bits per heavy atom. The van der Waals surface area contributed by atoms with Crippen LogP contribution in [0.25, 0.3) is 0 Å². The lowest BCUT2D eigenvalue weighted by molar-refractivity contribution is -0.385. The summed E-state index contributed by atoms with van der Waals surface area (Å²) in [6.07, 6.45) is 0.230. The van der Waals surface area contributed by atoms with Gasteiger partial charge in [-0.05, 0) is 25.4 Å². The molecule has 0 aliphatic heterocycles. The normalized spacial score (nSPS) is 11.7. The molecule has 0 aliphatic rings. The van der Waals surface area contributed by atoms with Gasteiger partial charge in [0.2, 0.25) is 11.1 Å². The molecule has 0 saturated carbocycles. The molecule has 1 atom stereocenters. The van der Waals surface area contributed by atoms with E-state index in [0.717, 1.165) is 0 Å². The average Bonchev–Trinajstić information content (AvgIpc) is 2.26. The first-order valence-electron chi connectivity index (χ1n) is 5.16. The Morgan fingerprint density at radius 2 is 2.22 bits per heavy atom. The van der Waals surface area contributed by atoms with Crippen LogP contribution >= 0.6 is 11.6 Å². The second-order valence-corrected chi connectivity index (χ2v) is 4.17. The number of hydrogen-bond acceptors (Lipinski definition) is 6. The van der Waals surface area contributed by atoms with Crippen molar-refractivity contribution in [1.82, 2.24) is 9.97 Å². The minimum absolute atomic E-state index is 0.0518. The highest BCUT2D eigenvalue weighted by Gasteiger charge is 2.26. The Kier molecular flexibility index (Phi) is 4.39. The van der Waals surface area contributed by atoms with Gasteiger partial charge in [-0.15, -0.1) is 0 Å². The molecule has 0 amide bonds. The molecule has 1 heterocycles. The Labute approximate surface area is 109 Å². The van der Waals surface area contributed by atoms with E-state index in [1.165, 1.54) is 6.92 Å². The van der Waals surface area contributed by atoms with E-state index in [9.17, 15) is 10.1 Å². The summed E-state index contributed by atoms with van der Waals surface area (Å²) in [6.45, 7) is 3.27. The van der Waals surface area contributed by atoms with Crippen LogP contribution in [0.3, 0.4) is 0 Å².